The Balaban J connectivity index is 1.76. The summed E-state index contributed by atoms with van der Waals surface area (Å²) in [4.78, 5) is 4.19. The lowest BCUT2D eigenvalue weighted by Crippen LogP contribution is -2.30. The highest BCUT2D eigenvalue weighted by atomic mass is 16.5. The number of hydrogen-bond donors (Lipinski definition) is 1. The van der Waals surface area contributed by atoms with Crippen LogP contribution < -0.4 is 10.1 Å². The molecule has 3 nitrogen and oxygen atoms in total. The number of pyridine rings is 1. The van der Waals surface area contributed by atoms with Crippen molar-refractivity contribution in [2.45, 2.75) is 38.8 Å². The molecule has 0 radical (unpaired) electrons. The summed E-state index contributed by atoms with van der Waals surface area (Å²) in [6, 6.07) is 4.68. The van der Waals surface area contributed by atoms with Crippen LogP contribution in [0.3, 0.4) is 0 Å². The monoisotopic (exact) mass is 206 g/mol. The summed E-state index contributed by atoms with van der Waals surface area (Å²) in [5.41, 5.74) is 1.02. The van der Waals surface area contributed by atoms with Crippen molar-refractivity contribution < 1.29 is 4.74 Å². The van der Waals surface area contributed by atoms with E-state index in [9.17, 15) is 0 Å². The standard InChI is InChI=1S/C12H18N2O/c1-9-3-6-12(8-13-9)15-10(2)7-14-11-4-5-11/h3,6,8,10-11,14H,4-5,7H2,1-2H3. The van der Waals surface area contributed by atoms with Crippen molar-refractivity contribution in [1.29, 1.82) is 0 Å². The number of nitrogens with zero attached hydrogens (tertiary/aromatic N) is 1. The van der Waals surface area contributed by atoms with Gasteiger partial charge in [-0.1, -0.05) is 0 Å². The lowest BCUT2D eigenvalue weighted by atomic mass is 10.3. The molecule has 3 heteroatoms. The van der Waals surface area contributed by atoms with Gasteiger partial charge in [-0.25, -0.2) is 0 Å². The van der Waals surface area contributed by atoms with Crippen LogP contribution in [0.25, 0.3) is 0 Å². The van der Waals surface area contributed by atoms with E-state index in [2.05, 4.69) is 17.2 Å². The van der Waals surface area contributed by atoms with Crippen molar-refractivity contribution in [3.63, 3.8) is 0 Å². The highest BCUT2D eigenvalue weighted by Gasteiger charge is 2.21. The lowest BCUT2D eigenvalue weighted by Gasteiger charge is -2.14. The largest absolute Gasteiger partial charge is 0.488 e. The highest BCUT2D eigenvalue weighted by molar-refractivity contribution is 5.19. The zero-order valence-electron chi connectivity index (χ0n) is 9.36. The second-order valence-corrected chi connectivity index (χ2v) is 4.25. The Morgan fingerprint density at radius 2 is 2.33 bits per heavy atom. The minimum Gasteiger partial charge on any atom is -0.488 e. The van der Waals surface area contributed by atoms with E-state index in [-0.39, 0.29) is 6.10 Å². The van der Waals surface area contributed by atoms with Crippen LogP contribution in [0.1, 0.15) is 25.5 Å². The van der Waals surface area contributed by atoms with Gasteiger partial charge in [-0.3, -0.25) is 4.98 Å². The second-order valence-electron chi connectivity index (χ2n) is 4.25. The number of aromatic nitrogens is 1. The van der Waals surface area contributed by atoms with E-state index in [4.69, 9.17) is 4.74 Å². The van der Waals surface area contributed by atoms with E-state index in [0.29, 0.717) is 0 Å². The fourth-order valence-corrected chi connectivity index (χ4v) is 1.42. The van der Waals surface area contributed by atoms with Crippen molar-refractivity contribution in [3.8, 4) is 5.75 Å². The second kappa shape index (κ2) is 4.62. The molecule has 2 rings (SSSR count). The molecule has 0 aromatic carbocycles. The van der Waals surface area contributed by atoms with Crippen LogP contribution in [0, 0.1) is 6.92 Å². The zero-order valence-corrected chi connectivity index (χ0v) is 9.36. The van der Waals surface area contributed by atoms with E-state index in [1.165, 1.54) is 12.8 Å². The van der Waals surface area contributed by atoms with Gasteiger partial charge in [0.15, 0.2) is 0 Å². The predicted molar refractivity (Wildman–Crippen MR) is 60.1 cm³/mol. The Kier molecular flexibility index (Phi) is 3.21. The molecular formula is C12H18N2O. The molecular weight excluding hydrogens is 188 g/mol. The first-order valence-electron chi connectivity index (χ1n) is 5.57. The SMILES string of the molecule is Cc1ccc(OC(C)CNC2CC2)cn1. The lowest BCUT2D eigenvalue weighted by molar-refractivity contribution is 0.216. The Bertz CT molecular complexity index is 306. The molecule has 1 aliphatic carbocycles. The van der Waals surface area contributed by atoms with Gasteiger partial charge in [-0.05, 0) is 38.8 Å². The summed E-state index contributed by atoms with van der Waals surface area (Å²) in [6.45, 7) is 4.97. The van der Waals surface area contributed by atoms with Crippen molar-refractivity contribution >= 4 is 0 Å². The number of nitrogens with one attached hydrogen (secondary N) is 1. The minimum absolute atomic E-state index is 0.204. The maximum absolute atomic E-state index is 5.72. The average molecular weight is 206 g/mol. The first-order valence-corrected chi connectivity index (χ1v) is 5.57. The first kappa shape index (κ1) is 10.4. The fraction of sp³-hybridized carbons (Fsp3) is 0.583. The molecule has 1 fully saturated rings. The summed E-state index contributed by atoms with van der Waals surface area (Å²) >= 11 is 0. The van der Waals surface area contributed by atoms with Gasteiger partial charge >= 0.3 is 0 Å². The first-order chi connectivity index (χ1) is 7.24. The molecule has 1 N–H and O–H groups in total. The van der Waals surface area contributed by atoms with Gasteiger partial charge in [0.2, 0.25) is 0 Å². The minimum atomic E-state index is 0.204. The summed E-state index contributed by atoms with van der Waals surface area (Å²) in [5.74, 6) is 0.852. The third-order valence-electron chi connectivity index (χ3n) is 2.49. The summed E-state index contributed by atoms with van der Waals surface area (Å²) in [5, 5.41) is 3.44. The van der Waals surface area contributed by atoms with Gasteiger partial charge in [0, 0.05) is 18.3 Å². The van der Waals surface area contributed by atoms with Gasteiger partial charge in [0.05, 0.1) is 6.20 Å². The van der Waals surface area contributed by atoms with Crippen LogP contribution in [0.4, 0.5) is 0 Å². The predicted octanol–water partition coefficient (Wildman–Crippen LogP) is 1.91. The molecule has 1 saturated carbocycles. The van der Waals surface area contributed by atoms with Crippen molar-refractivity contribution in [2.24, 2.45) is 0 Å². The summed E-state index contributed by atoms with van der Waals surface area (Å²) < 4.78 is 5.72. The molecule has 1 atom stereocenters. The molecule has 0 bridgehead atoms. The molecule has 0 amide bonds. The zero-order chi connectivity index (χ0) is 10.7. The van der Waals surface area contributed by atoms with Crippen molar-refractivity contribution in [3.05, 3.63) is 24.0 Å². The molecule has 0 saturated heterocycles. The van der Waals surface area contributed by atoms with Gasteiger partial charge in [-0.15, -0.1) is 0 Å². The third-order valence-corrected chi connectivity index (χ3v) is 2.49. The number of rotatable bonds is 5. The van der Waals surface area contributed by atoms with Crippen molar-refractivity contribution in [1.82, 2.24) is 10.3 Å². The molecule has 1 aromatic rings. The van der Waals surface area contributed by atoms with Crippen molar-refractivity contribution in [2.75, 3.05) is 6.54 Å². The number of ether oxygens (including phenoxy) is 1. The van der Waals surface area contributed by atoms with Gasteiger partial charge < -0.3 is 10.1 Å². The van der Waals surface area contributed by atoms with E-state index in [0.717, 1.165) is 24.0 Å². The van der Waals surface area contributed by atoms with Gasteiger partial charge in [0.25, 0.3) is 0 Å². The van der Waals surface area contributed by atoms with Crippen LogP contribution in [-0.4, -0.2) is 23.7 Å². The normalized spacial score (nSPS) is 17.5. The maximum Gasteiger partial charge on any atom is 0.138 e. The smallest absolute Gasteiger partial charge is 0.138 e. The van der Waals surface area contributed by atoms with E-state index >= 15 is 0 Å². The Morgan fingerprint density at radius 3 is 2.93 bits per heavy atom. The average Bonchev–Trinajstić information content (AvgIpc) is 3.02. The van der Waals surface area contributed by atoms with Crippen LogP contribution in [0.5, 0.6) is 5.75 Å². The van der Waals surface area contributed by atoms with Crippen LogP contribution in [0.2, 0.25) is 0 Å². The molecule has 82 valence electrons. The number of aryl methyl sites for hydroxylation is 1. The molecule has 15 heavy (non-hydrogen) atoms. The Labute approximate surface area is 90.9 Å². The van der Waals surface area contributed by atoms with Gasteiger partial charge in [-0.2, -0.15) is 0 Å². The third kappa shape index (κ3) is 3.51. The molecule has 1 heterocycles. The summed E-state index contributed by atoms with van der Waals surface area (Å²) in [6.07, 6.45) is 4.62. The summed E-state index contributed by atoms with van der Waals surface area (Å²) in [7, 11) is 0. The maximum atomic E-state index is 5.72. The fourth-order valence-electron chi connectivity index (χ4n) is 1.42. The van der Waals surface area contributed by atoms with E-state index in [1.807, 2.05) is 19.1 Å². The van der Waals surface area contributed by atoms with Crippen LogP contribution in [0.15, 0.2) is 18.3 Å². The topological polar surface area (TPSA) is 34.1 Å². The van der Waals surface area contributed by atoms with Gasteiger partial charge in [0.1, 0.15) is 11.9 Å². The van der Waals surface area contributed by atoms with Crippen LogP contribution in [-0.2, 0) is 0 Å². The van der Waals surface area contributed by atoms with E-state index < -0.39 is 0 Å². The molecule has 1 unspecified atom stereocenters. The Morgan fingerprint density at radius 1 is 1.53 bits per heavy atom. The molecule has 0 aliphatic heterocycles. The molecule has 0 spiro atoms. The quantitative estimate of drug-likeness (QED) is 0.799. The Hall–Kier alpha value is -1.09. The van der Waals surface area contributed by atoms with Crippen LogP contribution >= 0.6 is 0 Å². The number of hydrogen-bond acceptors (Lipinski definition) is 3. The molecule has 1 aliphatic rings. The highest BCUT2D eigenvalue weighted by Crippen LogP contribution is 2.18. The molecule has 1 aromatic heterocycles. The van der Waals surface area contributed by atoms with E-state index in [1.54, 1.807) is 6.20 Å².